The number of aryl methyl sites for hydroxylation is 2. The zero-order valence-electron chi connectivity index (χ0n) is 15.5. The highest BCUT2D eigenvalue weighted by molar-refractivity contribution is 5.95. The van der Waals surface area contributed by atoms with Gasteiger partial charge in [0.15, 0.2) is 17.1 Å². The first-order valence-electron chi connectivity index (χ1n) is 8.99. The minimum Gasteiger partial charge on any atom is -0.298 e. The Kier molecular flexibility index (Phi) is 3.37. The molecular formula is C22H19N5. The average molecular weight is 353 g/mol. The second kappa shape index (κ2) is 5.77. The van der Waals surface area contributed by atoms with E-state index in [0.717, 1.165) is 27.9 Å². The van der Waals surface area contributed by atoms with Crippen LogP contribution < -0.4 is 0 Å². The van der Waals surface area contributed by atoms with Gasteiger partial charge in [-0.25, -0.2) is 14.5 Å². The van der Waals surface area contributed by atoms with Crippen molar-refractivity contribution in [1.29, 1.82) is 0 Å². The SMILES string of the molecule is Cc1ccc(-n2c(C)c(C)c3c2ncn2nc(-c4ccccc4)nc32)cc1. The van der Waals surface area contributed by atoms with Gasteiger partial charge in [-0.3, -0.25) is 4.57 Å². The smallest absolute Gasteiger partial charge is 0.182 e. The van der Waals surface area contributed by atoms with E-state index in [4.69, 9.17) is 9.97 Å². The lowest BCUT2D eigenvalue weighted by Gasteiger charge is -2.08. The molecule has 0 spiro atoms. The second-order valence-electron chi connectivity index (χ2n) is 6.89. The molecule has 5 aromatic rings. The summed E-state index contributed by atoms with van der Waals surface area (Å²) < 4.78 is 3.97. The van der Waals surface area contributed by atoms with Crippen molar-refractivity contribution in [2.75, 3.05) is 0 Å². The highest BCUT2D eigenvalue weighted by Crippen LogP contribution is 2.30. The Morgan fingerprint density at radius 2 is 1.56 bits per heavy atom. The van der Waals surface area contributed by atoms with Crippen molar-refractivity contribution >= 4 is 16.7 Å². The minimum absolute atomic E-state index is 0.713. The lowest BCUT2D eigenvalue weighted by molar-refractivity contribution is 0.927. The van der Waals surface area contributed by atoms with Crippen LogP contribution in [0.15, 0.2) is 60.9 Å². The quantitative estimate of drug-likeness (QED) is 0.464. The Bertz CT molecular complexity index is 1280. The number of nitrogens with zero attached hydrogens (tertiary/aromatic N) is 5. The van der Waals surface area contributed by atoms with Crippen molar-refractivity contribution in [1.82, 2.24) is 24.1 Å². The van der Waals surface area contributed by atoms with Crippen LogP contribution in [0.1, 0.15) is 16.8 Å². The molecule has 0 aliphatic carbocycles. The van der Waals surface area contributed by atoms with Crippen LogP contribution in [0.4, 0.5) is 0 Å². The van der Waals surface area contributed by atoms with E-state index in [9.17, 15) is 0 Å². The van der Waals surface area contributed by atoms with Crippen LogP contribution in [-0.2, 0) is 0 Å². The van der Waals surface area contributed by atoms with E-state index in [1.54, 1.807) is 10.8 Å². The third-order valence-electron chi connectivity index (χ3n) is 5.16. The van der Waals surface area contributed by atoms with Gasteiger partial charge in [0.25, 0.3) is 0 Å². The highest BCUT2D eigenvalue weighted by atomic mass is 15.3. The van der Waals surface area contributed by atoms with Crippen LogP contribution in [0.2, 0.25) is 0 Å². The number of hydrogen-bond acceptors (Lipinski definition) is 3. The maximum atomic E-state index is 4.83. The van der Waals surface area contributed by atoms with Crippen LogP contribution in [0.3, 0.4) is 0 Å². The summed E-state index contributed by atoms with van der Waals surface area (Å²) in [6.45, 7) is 6.35. The molecule has 0 aliphatic heterocycles. The van der Waals surface area contributed by atoms with Crippen molar-refractivity contribution in [2.24, 2.45) is 0 Å². The van der Waals surface area contributed by atoms with Gasteiger partial charge in [0.05, 0.1) is 5.39 Å². The Balaban J connectivity index is 1.80. The van der Waals surface area contributed by atoms with Gasteiger partial charge in [0.2, 0.25) is 0 Å². The van der Waals surface area contributed by atoms with E-state index in [1.807, 2.05) is 30.3 Å². The molecule has 0 unspecified atom stereocenters. The molecule has 0 radical (unpaired) electrons. The summed E-state index contributed by atoms with van der Waals surface area (Å²) in [6, 6.07) is 18.5. The van der Waals surface area contributed by atoms with Crippen LogP contribution in [-0.4, -0.2) is 24.1 Å². The van der Waals surface area contributed by atoms with Gasteiger partial charge in [0.1, 0.15) is 6.33 Å². The Labute approximate surface area is 156 Å². The number of aromatic nitrogens is 5. The fourth-order valence-corrected chi connectivity index (χ4v) is 3.58. The summed E-state index contributed by atoms with van der Waals surface area (Å²) in [7, 11) is 0. The molecule has 0 atom stereocenters. The minimum atomic E-state index is 0.713. The molecule has 0 saturated carbocycles. The van der Waals surface area contributed by atoms with E-state index in [0.29, 0.717) is 5.82 Å². The monoisotopic (exact) mass is 353 g/mol. The molecule has 5 heteroatoms. The van der Waals surface area contributed by atoms with E-state index in [2.05, 4.69) is 54.7 Å². The van der Waals surface area contributed by atoms with Gasteiger partial charge in [-0.05, 0) is 38.5 Å². The zero-order chi connectivity index (χ0) is 18.5. The maximum Gasteiger partial charge on any atom is 0.182 e. The van der Waals surface area contributed by atoms with E-state index < -0.39 is 0 Å². The largest absolute Gasteiger partial charge is 0.298 e. The van der Waals surface area contributed by atoms with E-state index >= 15 is 0 Å². The lowest BCUT2D eigenvalue weighted by Crippen LogP contribution is -1.99. The van der Waals surface area contributed by atoms with Gasteiger partial charge >= 0.3 is 0 Å². The molecule has 0 amide bonds. The summed E-state index contributed by atoms with van der Waals surface area (Å²) in [5, 5.41) is 5.68. The van der Waals surface area contributed by atoms with E-state index in [1.165, 1.54) is 16.8 Å². The Morgan fingerprint density at radius 3 is 2.30 bits per heavy atom. The molecule has 0 saturated heterocycles. The second-order valence-corrected chi connectivity index (χ2v) is 6.89. The first-order chi connectivity index (χ1) is 13.1. The Hall–Kier alpha value is -3.47. The van der Waals surface area contributed by atoms with Crippen LogP contribution in [0.25, 0.3) is 33.8 Å². The topological polar surface area (TPSA) is 48.0 Å². The lowest BCUT2D eigenvalue weighted by atomic mass is 10.2. The molecular weight excluding hydrogens is 334 g/mol. The van der Waals surface area contributed by atoms with Crippen molar-refractivity contribution in [3.63, 3.8) is 0 Å². The highest BCUT2D eigenvalue weighted by Gasteiger charge is 2.19. The van der Waals surface area contributed by atoms with Crippen LogP contribution in [0, 0.1) is 20.8 Å². The molecule has 0 fully saturated rings. The number of rotatable bonds is 2. The first-order valence-corrected chi connectivity index (χ1v) is 8.99. The van der Waals surface area contributed by atoms with Crippen LogP contribution >= 0.6 is 0 Å². The van der Waals surface area contributed by atoms with Crippen molar-refractivity contribution < 1.29 is 0 Å². The Morgan fingerprint density at radius 1 is 0.815 bits per heavy atom. The number of fused-ring (bicyclic) bond motifs is 3. The standard InChI is InChI=1S/C22H19N5/c1-14-9-11-18(12-10-14)27-16(3)15(2)19-21(27)23-13-26-22(19)24-20(25-26)17-7-5-4-6-8-17/h4-13H,1-3H3. The third kappa shape index (κ3) is 2.35. The molecule has 3 heterocycles. The summed E-state index contributed by atoms with van der Waals surface area (Å²) in [6.07, 6.45) is 1.75. The molecule has 132 valence electrons. The molecule has 0 N–H and O–H groups in total. The summed E-state index contributed by atoms with van der Waals surface area (Å²) >= 11 is 0. The van der Waals surface area contributed by atoms with Crippen LogP contribution in [0.5, 0.6) is 0 Å². The summed E-state index contributed by atoms with van der Waals surface area (Å²) in [4.78, 5) is 9.55. The van der Waals surface area contributed by atoms with Gasteiger partial charge in [-0.1, -0.05) is 48.0 Å². The predicted octanol–water partition coefficient (Wildman–Crippen LogP) is 4.66. The van der Waals surface area contributed by atoms with E-state index in [-0.39, 0.29) is 0 Å². The molecule has 0 aliphatic rings. The molecule has 0 bridgehead atoms. The van der Waals surface area contributed by atoms with Crippen molar-refractivity contribution in [3.8, 4) is 17.1 Å². The molecule has 27 heavy (non-hydrogen) atoms. The molecule has 2 aromatic carbocycles. The van der Waals surface area contributed by atoms with Gasteiger partial charge in [0, 0.05) is 16.9 Å². The molecule has 3 aromatic heterocycles. The summed E-state index contributed by atoms with van der Waals surface area (Å²) in [5.41, 5.74) is 7.44. The zero-order valence-corrected chi connectivity index (χ0v) is 15.5. The van der Waals surface area contributed by atoms with Crippen molar-refractivity contribution in [2.45, 2.75) is 20.8 Å². The normalized spacial score (nSPS) is 11.5. The fourth-order valence-electron chi connectivity index (χ4n) is 3.58. The molecule has 5 nitrogen and oxygen atoms in total. The average Bonchev–Trinajstić information content (AvgIpc) is 3.23. The van der Waals surface area contributed by atoms with Gasteiger partial charge < -0.3 is 0 Å². The third-order valence-corrected chi connectivity index (χ3v) is 5.16. The van der Waals surface area contributed by atoms with Gasteiger partial charge in [-0.15, -0.1) is 5.10 Å². The maximum absolute atomic E-state index is 4.83. The van der Waals surface area contributed by atoms with Crippen molar-refractivity contribution in [3.05, 3.63) is 77.7 Å². The predicted molar refractivity (Wildman–Crippen MR) is 107 cm³/mol. The summed E-state index contributed by atoms with van der Waals surface area (Å²) in [5.74, 6) is 0.713. The number of benzene rings is 2. The molecule has 5 rings (SSSR count). The van der Waals surface area contributed by atoms with Gasteiger partial charge in [-0.2, -0.15) is 0 Å². The first kappa shape index (κ1) is 15.8. The number of hydrogen-bond donors (Lipinski definition) is 0. The fraction of sp³-hybridized carbons (Fsp3) is 0.136.